The summed E-state index contributed by atoms with van der Waals surface area (Å²) in [5, 5.41) is 9.70. The molecule has 204 valence electrons. The second-order valence-corrected chi connectivity index (χ2v) is 10.2. The molecular formula is C24H23Cl2F3N4O5. The van der Waals surface area contributed by atoms with Crippen molar-refractivity contribution in [3.05, 3.63) is 79.4 Å². The van der Waals surface area contributed by atoms with Gasteiger partial charge in [0.25, 0.3) is 5.56 Å². The number of rotatable bonds is 8. The Morgan fingerprint density at radius 2 is 1.87 bits per heavy atom. The predicted molar refractivity (Wildman–Crippen MR) is 134 cm³/mol. The van der Waals surface area contributed by atoms with Crippen LogP contribution < -0.4 is 16.0 Å². The van der Waals surface area contributed by atoms with Gasteiger partial charge in [0.1, 0.15) is 11.5 Å². The van der Waals surface area contributed by atoms with E-state index in [1.807, 2.05) is 0 Å². The van der Waals surface area contributed by atoms with Crippen LogP contribution in [0.1, 0.15) is 25.3 Å². The van der Waals surface area contributed by atoms with Gasteiger partial charge in [-0.05, 0) is 37.1 Å². The molecule has 1 unspecified atom stereocenters. The van der Waals surface area contributed by atoms with Crippen molar-refractivity contribution in [2.45, 2.75) is 44.1 Å². The number of ether oxygens (including phenoxy) is 2. The Kier molecular flexibility index (Phi) is 7.69. The van der Waals surface area contributed by atoms with E-state index in [0.29, 0.717) is 10.6 Å². The maximum atomic E-state index is 13.4. The highest BCUT2D eigenvalue weighted by Crippen LogP contribution is 2.36. The van der Waals surface area contributed by atoms with Gasteiger partial charge in [0.05, 0.1) is 11.4 Å². The minimum atomic E-state index is -4.93. The first-order valence-corrected chi connectivity index (χ1v) is 12.1. The Bertz CT molecular complexity index is 1540. The highest BCUT2D eigenvalue weighted by molar-refractivity contribution is 6.30. The largest absolute Gasteiger partial charge is 0.572 e. The number of benzene rings is 1. The van der Waals surface area contributed by atoms with Crippen molar-refractivity contribution in [1.82, 2.24) is 18.7 Å². The van der Waals surface area contributed by atoms with Crippen LogP contribution in [0.4, 0.5) is 13.2 Å². The number of aliphatic hydroxyl groups excluding tert-OH is 1. The lowest BCUT2D eigenvalue weighted by molar-refractivity contribution is -0.306. The molecular weight excluding hydrogens is 552 g/mol. The molecule has 1 aliphatic rings. The number of aliphatic hydroxyl groups is 1. The number of aryl methyl sites for hydroxylation is 1. The number of nitrogens with zero attached hydrogens (tertiary/aromatic N) is 4. The van der Waals surface area contributed by atoms with Crippen LogP contribution in [-0.2, 0) is 24.9 Å². The number of aromatic nitrogens is 4. The minimum absolute atomic E-state index is 0.00463. The molecule has 3 aromatic rings. The zero-order chi connectivity index (χ0) is 27.8. The summed E-state index contributed by atoms with van der Waals surface area (Å²) < 4.78 is 52.2. The summed E-state index contributed by atoms with van der Waals surface area (Å²) in [6.07, 6.45) is -2.55. The standard InChI is InChI=1S/C24H23Cl2F3N4O5/c1-23(26)11-16(10-17(12-23)38-24(27,28)29)37-21-30-19-18(33(21)13-14-4-6-15(25)7-5-14)20(35)32(8-3-9-34)22(36)31(19)2/h4-7,10-11,34H,3,8-9,12-13H2,1-2H3. The van der Waals surface area contributed by atoms with Crippen molar-refractivity contribution in [3.8, 4) is 6.01 Å². The van der Waals surface area contributed by atoms with E-state index in [-0.39, 0.29) is 55.5 Å². The molecule has 1 N–H and O–H groups in total. The average Bonchev–Trinajstić information content (AvgIpc) is 3.14. The molecule has 1 aromatic carbocycles. The normalized spacial score (nSPS) is 17.9. The van der Waals surface area contributed by atoms with Gasteiger partial charge in [-0.25, -0.2) is 4.79 Å². The van der Waals surface area contributed by atoms with Crippen molar-refractivity contribution in [2.24, 2.45) is 7.05 Å². The smallest absolute Gasteiger partial charge is 0.426 e. The van der Waals surface area contributed by atoms with E-state index in [9.17, 15) is 27.9 Å². The van der Waals surface area contributed by atoms with E-state index in [0.717, 1.165) is 15.2 Å². The summed E-state index contributed by atoms with van der Waals surface area (Å²) in [4.78, 5) is 29.4. The molecule has 14 heteroatoms. The van der Waals surface area contributed by atoms with Gasteiger partial charge in [-0.2, -0.15) is 4.98 Å². The average molecular weight is 575 g/mol. The SMILES string of the molecule is Cn1c(=O)n(CCCO)c(=O)c2c1nc(OC1=CC(C)(Cl)CC(OC(F)(F)F)=C1)n2Cc1ccc(Cl)cc1. The fraction of sp³-hybridized carbons (Fsp3) is 0.375. The topological polar surface area (TPSA) is 101 Å². The third kappa shape index (κ3) is 6.08. The molecule has 0 aliphatic heterocycles. The molecule has 0 saturated carbocycles. The Labute approximate surface area is 223 Å². The molecule has 0 spiro atoms. The molecule has 38 heavy (non-hydrogen) atoms. The third-order valence-electron chi connectivity index (χ3n) is 5.71. The quantitative estimate of drug-likeness (QED) is 0.407. The monoisotopic (exact) mass is 574 g/mol. The van der Waals surface area contributed by atoms with Crippen LogP contribution in [0.15, 0.2) is 57.5 Å². The lowest BCUT2D eigenvalue weighted by Crippen LogP contribution is -2.39. The van der Waals surface area contributed by atoms with Crippen LogP contribution in [0.5, 0.6) is 6.01 Å². The third-order valence-corrected chi connectivity index (χ3v) is 6.21. The van der Waals surface area contributed by atoms with E-state index in [4.69, 9.17) is 27.9 Å². The van der Waals surface area contributed by atoms with Gasteiger partial charge in [-0.1, -0.05) is 23.7 Å². The van der Waals surface area contributed by atoms with Gasteiger partial charge in [-0.15, -0.1) is 24.8 Å². The number of alkyl halides is 4. The fourth-order valence-electron chi connectivity index (χ4n) is 4.09. The summed E-state index contributed by atoms with van der Waals surface area (Å²) in [7, 11) is 1.42. The molecule has 0 saturated heterocycles. The molecule has 2 heterocycles. The second-order valence-electron chi connectivity index (χ2n) is 8.92. The number of halogens is 5. The Morgan fingerprint density at radius 1 is 1.18 bits per heavy atom. The van der Waals surface area contributed by atoms with Crippen molar-refractivity contribution < 1.29 is 27.8 Å². The zero-order valence-electron chi connectivity index (χ0n) is 20.3. The van der Waals surface area contributed by atoms with E-state index in [1.165, 1.54) is 24.6 Å². The van der Waals surface area contributed by atoms with Gasteiger partial charge >= 0.3 is 18.1 Å². The lowest BCUT2D eigenvalue weighted by atomic mass is 9.99. The van der Waals surface area contributed by atoms with Crippen LogP contribution >= 0.6 is 23.2 Å². The highest BCUT2D eigenvalue weighted by Gasteiger charge is 2.36. The first-order chi connectivity index (χ1) is 17.8. The first-order valence-electron chi connectivity index (χ1n) is 11.4. The number of hydrogen-bond donors (Lipinski definition) is 1. The molecule has 0 radical (unpaired) electrons. The van der Waals surface area contributed by atoms with E-state index in [1.54, 1.807) is 24.3 Å². The van der Waals surface area contributed by atoms with Gasteiger partial charge in [0, 0.05) is 37.7 Å². The molecule has 4 rings (SSSR count). The van der Waals surface area contributed by atoms with Crippen LogP contribution in [0.2, 0.25) is 5.02 Å². The van der Waals surface area contributed by atoms with Crippen LogP contribution in [0.25, 0.3) is 11.2 Å². The molecule has 1 atom stereocenters. The molecule has 2 aromatic heterocycles. The maximum absolute atomic E-state index is 13.4. The number of allylic oxidation sites excluding steroid dienone is 3. The summed E-state index contributed by atoms with van der Waals surface area (Å²) in [6, 6.07) is 6.57. The lowest BCUT2D eigenvalue weighted by Gasteiger charge is -2.25. The van der Waals surface area contributed by atoms with Crippen LogP contribution in [0.3, 0.4) is 0 Å². The van der Waals surface area contributed by atoms with Crippen LogP contribution in [0, 0.1) is 0 Å². The van der Waals surface area contributed by atoms with Gasteiger partial charge < -0.3 is 14.6 Å². The molecule has 0 bridgehead atoms. The number of fused-ring (bicyclic) bond motifs is 1. The van der Waals surface area contributed by atoms with Crippen LogP contribution in [-0.4, -0.2) is 41.6 Å². The predicted octanol–water partition coefficient (Wildman–Crippen LogP) is 4.07. The molecule has 9 nitrogen and oxygen atoms in total. The van der Waals surface area contributed by atoms with E-state index < -0.39 is 28.2 Å². The Morgan fingerprint density at radius 3 is 2.50 bits per heavy atom. The van der Waals surface area contributed by atoms with Crippen molar-refractivity contribution in [3.63, 3.8) is 0 Å². The summed E-state index contributed by atoms with van der Waals surface area (Å²) in [5.74, 6) is -0.558. The van der Waals surface area contributed by atoms with Crippen molar-refractivity contribution in [1.29, 1.82) is 0 Å². The summed E-state index contributed by atoms with van der Waals surface area (Å²) in [5.41, 5.74) is -0.583. The summed E-state index contributed by atoms with van der Waals surface area (Å²) in [6.45, 7) is 1.28. The Balaban J connectivity index is 1.88. The van der Waals surface area contributed by atoms with Gasteiger partial charge in [-0.3, -0.25) is 18.5 Å². The maximum Gasteiger partial charge on any atom is 0.572 e. The molecule has 1 aliphatic carbocycles. The Hall–Kier alpha value is -3.22. The minimum Gasteiger partial charge on any atom is -0.426 e. The van der Waals surface area contributed by atoms with Crippen molar-refractivity contribution in [2.75, 3.05) is 6.61 Å². The van der Waals surface area contributed by atoms with Gasteiger partial charge in [0.2, 0.25) is 0 Å². The molecule has 0 amide bonds. The highest BCUT2D eigenvalue weighted by atomic mass is 35.5. The number of imidazole rings is 1. The number of hydrogen-bond acceptors (Lipinski definition) is 6. The van der Waals surface area contributed by atoms with E-state index in [2.05, 4.69) is 9.72 Å². The first kappa shape index (κ1) is 27.8. The van der Waals surface area contributed by atoms with Gasteiger partial charge in [0.15, 0.2) is 11.2 Å². The molecule has 0 fully saturated rings. The summed E-state index contributed by atoms with van der Waals surface area (Å²) >= 11 is 12.4. The fourth-order valence-corrected chi connectivity index (χ4v) is 4.46. The van der Waals surface area contributed by atoms with E-state index >= 15 is 0 Å². The second kappa shape index (κ2) is 10.5. The van der Waals surface area contributed by atoms with Crippen molar-refractivity contribution >= 4 is 34.4 Å². The zero-order valence-corrected chi connectivity index (χ0v) is 21.8.